The first-order valence-corrected chi connectivity index (χ1v) is 6.79. The second-order valence-electron chi connectivity index (χ2n) is 5.01. The van der Waals surface area contributed by atoms with Crippen LogP contribution in [0.25, 0.3) is 0 Å². The van der Waals surface area contributed by atoms with Crippen LogP contribution in [0.4, 0.5) is 5.82 Å². The molecule has 2 rings (SSSR count). The molecule has 0 unspecified atom stereocenters. The van der Waals surface area contributed by atoms with Crippen molar-refractivity contribution in [3.63, 3.8) is 0 Å². The molecule has 1 aromatic heterocycles. The van der Waals surface area contributed by atoms with Gasteiger partial charge in [0, 0.05) is 13.0 Å². The Kier molecular flexibility index (Phi) is 4.39. The molecule has 108 valence electrons. The molecular weight excluding hydrogens is 264 g/mol. The molecule has 0 aliphatic heterocycles. The average molecular weight is 282 g/mol. The van der Waals surface area contributed by atoms with Crippen molar-refractivity contribution in [2.45, 2.75) is 26.7 Å². The number of benzene rings is 1. The maximum absolute atomic E-state index is 8.94. The fraction of sp³-hybridized carbons (Fsp3) is 0.312. The summed E-state index contributed by atoms with van der Waals surface area (Å²) in [6.07, 6.45) is 0. The van der Waals surface area contributed by atoms with Gasteiger partial charge >= 0.3 is 0 Å². The van der Waals surface area contributed by atoms with Crippen LogP contribution in [0.5, 0.6) is 11.6 Å². The van der Waals surface area contributed by atoms with Gasteiger partial charge in [-0.05, 0) is 25.1 Å². The van der Waals surface area contributed by atoms with E-state index >= 15 is 0 Å². The van der Waals surface area contributed by atoms with Gasteiger partial charge in [0.05, 0.1) is 17.2 Å². The van der Waals surface area contributed by atoms with Gasteiger partial charge in [0.25, 0.3) is 0 Å². The first kappa shape index (κ1) is 14.8. The summed E-state index contributed by atoms with van der Waals surface area (Å²) in [5, 5.41) is 12.0. The highest BCUT2D eigenvalue weighted by Gasteiger charge is 2.14. The predicted molar refractivity (Wildman–Crippen MR) is 81.6 cm³/mol. The molecule has 0 amide bonds. The number of nitrogens with one attached hydrogen (secondary N) is 1. The van der Waals surface area contributed by atoms with Crippen molar-refractivity contribution in [1.82, 2.24) is 9.97 Å². The highest BCUT2D eigenvalue weighted by atomic mass is 16.5. The Morgan fingerprint density at radius 3 is 2.67 bits per heavy atom. The fourth-order valence-corrected chi connectivity index (χ4v) is 1.85. The summed E-state index contributed by atoms with van der Waals surface area (Å²) in [5.74, 6) is 2.77. The van der Waals surface area contributed by atoms with Gasteiger partial charge in [-0.25, -0.2) is 4.98 Å². The van der Waals surface area contributed by atoms with Gasteiger partial charge in [0.2, 0.25) is 5.88 Å². The summed E-state index contributed by atoms with van der Waals surface area (Å²) in [6, 6.07) is 9.11. The summed E-state index contributed by atoms with van der Waals surface area (Å²) < 4.78 is 5.84. The van der Waals surface area contributed by atoms with E-state index in [4.69, 9.17) is 10.00 Å². The molecule has 0 aliphatic carbocycles. The maximum Gasteiger partial charge on any atom is 0.227 e. The van der Waals surface area contributed by atoms with Crippen molar-refractivity contribution in [2.24, 2.45) is 0 Å². The SMILES string of the molecule is CNc1nc(C(C)C)nc(Oc2cccc(C#N)c2)c1C. The van der Waals surface area contributed by atoms with Crippen molar-refractivity contribution >= 4 is 5.82 Å². The predicted octanol–water partition coefficient (Wildman–Crippen LogP) is 3.61. The number of anilines is 1. The minimum atomic E-state index is 0.200. The molecular formula is C16H18N4O. The van der Waals surface area contributed by atoms with Gasteiger partial charge in [-0.2, -0.15) is 10.2 Å². The summed E-state index contributed by atoms with van der Waals surface area (Å²) >= 11 is 0. The minimum Gasteiger partial charge on any atom is -0.439 e. The molecule has 5 nitrogen and oxygen atoms in total. The quantitative estimate of drug-likeness (QED) is 0.927. The molecule has 21 heavy (non-hydrogen) atoms. The lowest BCUT2D eigenvalue weighted by atomic mass is 10.2. The van der Waals surface area contributed by atoms with E-state index in [0.29, 0.717) is 17.2 Å². The van der Waals surface area contributed by atoms with Crippen LogP contribution in [0.3, 0.4) is 0 Å². The zero-order valence-corrected chi connectivity index (χ0v) is 12.6. The molecule has 0 spiro atoms. The Bertz CT molecular complexity index is 689. The van der Waals surface area contributed by atoms with E-state index in [1.807, 2.05) is 27.8 Å². The lowest BCUT2D eigenvalue weighted by Crippen LogP contribution is -2.06. The number of nitriles is 1. The van der Waals surface area contributed by atoms with Crippen LogP contribution in [0.2, 0.25) is 0 Å². The largest absolute Gasteiger partial charge is 0.439 e. The van der Waals surface area contributed by atoms with Crippen LogP contribution < -0.4 is 10.1 Å². The first-order chi connectivity index (χ1) is 10.0. The van der Waals surface area contributed by atoms with E-state index in [1.54, 1.807) is 24.3 Å². The molecule has 0 radical (unpaired) electrons. The van der Waals surface area contributed by atoms with Crippen molar-refractivity contribution in [3.05, 3.63) is 41.2 Å². The minimum absolute atomic E-state index is 0.200. The molecule has 2 aromatic rings. The van der Waals surface area contributed by atoms with Gasteiger partial charge in [-0.1, -0.05) is 19.9 Å². The first-order valence-electron chi connectivity index (χ1n) is 6.79. The van der Waals surface area contributed by atoms with Gasteiger partial charge in [-0.15, -0.1) is 0 Å². The number of aromatic nitrogens is 2. The average Bonchev–Trinajstić information content (AvgIpc) is 2.49. The molecule has 0 bridgehead atoms. The number of rotatable bonds is 4. The molecule has 1 heterocycles. The zero-order valence-electron chi connectivity index (χ0n) is 12.6. The smallest absolute Gasteiger partial charge is 0.227 e. The third kappa shape index (κ3) is 3.29. The Labute approximate surface area is 124 Å². The summed E-state index contributed by atoms with van der Waals surface area (Å²) in [6.45, 7) is 5.97. The van der Waals surface area contributed by atoms with Crippen molar-refractivity contribution in [3.8, 4) is 17.7 Å². The van der Waals surface area contributed by atoms with Gasteiger partial charge < -0.3 is 10.1 Å². The fourth-order valence-electron chi connectivity index (χ4n) is 1.85. The van der Waals surface area contributed by atoms with Gasteiger partial charge in [0.15, 0.2) is 0 Å². The van der Waals surface area contributed by atoms with Gasteiger partial charge in [-0.3, -0.25) is 0 Å². The highest BCUT2D eigenvalue weighted by Crippen LogP contribution is 2.28. The van der Waals surface area contributed by atoms with E-state index in [-0.39, 0.29) is 5.92 Å². The number of hydrogen-bond donors (Lipinski definition) is 1. The third-order valence-corrected chi connectivity index (χ3v) is 3.05. The van der Waals surface area contributed by atoms with Crippen LogP contribution in [-0.4, -0.2) is 17.0 Å². The van der Waals surface area contributed by atoms with Crippen molar-refractivity contribution < 1.29 is 4.74 Å². The Morgan fingerprint density at radius 1 is 1.29 bits per heavy atom. The van der Waals surface area contributed by atoms with Crippen molar-refractivity contribution in [2.75, 3.05) is 12.4 Å². The summed E-state index contributed by atoms with van der Waals surface area (Å²) in [7, 11) is 1.82. The Balaban J connectivity index is 2.43. The third-order valence-electron chi connectivity index (χ3n) is 3.05. The van der Waals surface area contributed by atoms with Crippen molar-refractivity contribution in [1.29, 1.82) is 5.26 Å². The normalized spacial score (nSPS) is 10.3. The summed E-state index contributed by atoms with van der Waals surface area (Å²) in [5.41, 5.74) is 1.39. The van der Waals surface area contributed by atoms with Crippen LogP contribution in [0.1, 0.15) is 36.7 Å². The topological polar surface area (TPSA) is 70.8 Å². The Hall–Kier alpha value is -2.61. The zero-order chi connectivity index (χ0) is 15.4. The maximum atomic E-state index is 8.94. The molecule has 0 aliphatic rings. The molecule has 1 aromatic carbocycles. The molecule has 0 fully saturated rings. The number of nitrogens with zero attached hydrogens (tertiary/aromatic N) is 3. The number of hydrogen-bond acceptors (Lipinski definition) is 5. The Morgan fingerprint density at radius 2 is 2.05 bits per heavy atom. The second kappa shape index (κ2) is 6.23. The molecule has 5 heteroatoms. The van der Waals surface area contributed by atoms with E-state index in [9.17, 15) is 0 Å². The molecule has 1 N–H and O–H groups in total. The standard InChI is InChI=1S/C16H18N4O/c1-10(2)14-19-15(18-4)11(3)16(20-14)21-13-7-5-6-12(8-13)9-17/h5-8,10H,1-4H3,(H,18,19,20). The van der Waals surface area contributed by atoms with Crippen LogP contribution in [0, 0.1) is 18.3 Å². The van der Waals surface area contributed by atoms with E-state index in [1.165, 1.54) is 0 Å². The lowest BCUT2D eigenvalue weighted by molar-refractivity contribution is 0.453. The monoisotopic (exact) mass is 282 g/mol. The number of ether oxygens (including phenoxy) is 1. The van der Waals surface area contributed by atoms with E-state index < -0.39 is 0 Å². The second-order valence-corrected chi connectivity index (χ2v) is 5.01. The molecule has 0 saturated heterocycles. The van der Waals surface area contributed by atoms with Crippen LogP contribution >= 0.6 is 0 Å². The molecule has 0 saturated carbocycles. The van der Waals surface area contributed by atoms with Crippen LogP contribution in [-0.2, 0) is 0 Å². The molecule has 0 atom stereocenters. The highest BCUT2D eigenvalue weighted by molar-refractivity contribution is 5.49. The van der Waals surface area contributed by atoms with E-state index in [0.717, 1.165) is 17.2 Å². The summed E-state index contributed by atoms with van der Waals surface area (Å²) in [4.78, 5) is 8.95. The van der Waals surface area contributed by atoms with Gasteiger partial charge in [0.1, 0.15) is 17.4 Å². The lowest BCUT2D eigenvalue weighted by Gasteiger charge is -2.14. The van der Waals surface area contributed by atoms with E-state index in [2.05, 4.69) is 21.4 Å². The van der Waals surface area contributed by atoms with Crippen LogP contribution in [0.15, 0.2) is 24.3 Å².